The van der Waals surface area contributed by atoms with E-state index in [0.29, 0.717) is 65.3 Å². The molecule has 2 aromatic rings. The van der Waals surface area contributed by atoms with Gasteiger partial charge in [0, 0.05) is 30.4 Å². The Labute approximate surface area is 261 Å². The zero-order chi connectivity index (χ0) is 31.2. The van der Waals surface area contributed by atoms with E-state index in [1.54, 1.807) is 39.0 Å². The molecule has 3 aliphatic rings. The predicted molar refractivity (Wildman–Crippen MR) is 168 cm³/mol. The summed E-state index contributed by atoms with van der Waals surface area (Å²) < 4.78 is 22.0. The van der Waals surface area contributed by atoms with Crippen molar-refractivity contribution in [2.75, 3.05) is 40.5 Å². The average Bonchev–Trinajstić information content (AvgIpc) is 3.46. The van der Waals surface area contributed by atoms with Crippen molar-refractivity contribution in [2.24, 2.45) is 10.9 Å². The summed E-state index contributed by atoms with van der Waals surface area (Å²) in [6.45, 7) is 4.92. The van der Waals surface area contributed by atoms with Gasteiger partial charge in [0.2, 0.25) is 5.91 Å². The SMILES string of the molecule is CCOC(=O)C1=C(c2ccccc2)N=C2SC=C(CC(=O)N3CCCC(C(=O)OCC)C3)N2C1c1cc(OC)cc(OC)c1. The molecular weight excluding hydrogens is 582 g/mol. The van der Waals surface area contributed by atoms with Gasteiger partial charge in [-0.15, -0.1) is 0 Å². The Morgan fingerprint density at radius 2 is 1.68 bits per heavy atom. The molecule has 0 aromatic heterocycles. The number of hydrogen-bond acceptors (Lipinski definition) is 10. The van der Waals surface area contributed by atoms with Crippen molar-refractivity contribution in [2.45, 2.75) is 39.2 Å². The fraction of sp³-hybridized carbons (Fsp3) is 0.394. The molecule has 2 atom stereocenters. The molecule has 2 aromatic carbocycles. The number of likely N-dealkylation sites (tertiary alicyclic amines) is 1. The highest BCUT2D eigenvalue weighted by Crippen LogP contribution is 2.48. The largest absolute Gasteiger partial charge is 0.497 e. The number of fused-ring (bicyclic) bond motifs is 1. The number of aliphatic imine (C=N–C) groups is 1. The van der Waals surface area contributed by atoms with Crippen LogP contribution < -0.4 is 9.47 Å². The van der Waals surface area contributed by atoms with E-state index in [2.05, 4.69) is 0 Å². The molecule has 0 N–H and O–H groups in total. The third kappa shape index (κ3) is 6.47. The number of esters is 2. The second-order valence-corrected chi connectivity index (χ2v) is 11.3. The Balaban J connectivity index is 1.56. The summed E-state index contributed by atoms with van der Waals surface area (Å²) in [5.74, 6) is -0.105. The van der Waals surface area contributed by atoms with Crippen molar-refractivity contribution in [1.82, 2.24) is 9.80 Å². The fourth-order valence-corrected chi connectivity index (χ4v) is 6.63. The van der Waals surface area contributed by atoms with Gasteiger partial charge in [0.15, 0.2) is 5.17 Å². The molecule has 232 valence electrons. The van der Waals surface area contributed by atoms with Crippen molar-refractivity contribution in [1.29, 1.82) is 0 Å². The monoisotopic (exact) mass is 619 g/mol. The lowest BCUT2D eigenvalue weighted by molar-refractivity contribution is -0.151. The number of benzene rings is 2. The first-order chi connectivity index (χ1) is 21.4. The summed E-state index contributed by atoms with van der Waals surface area (Å²) >= 11 is 1.40. The molecule has 0 radical (unpaired) electrons. The number of carbonyl (C=O) groups excluding carboxylic acids is 3. The first kappa shape index (κ1) is 31.2. The Bertz CT molecular complexity index is 1480. The highest BCUT2D eigenvalue weighted by molar-refractivity contribution is 8.16. The summed E-state index contributed by atoms with van der Waals surface area (Å²) in [4.78, 5) is 48.6. The summed E-state index contributed by atoms with van der Waals surface area (Å²) in [5, 5.41) is 2.54. The maximum Gasteiger partial charge on any atom is 0.338 e. The Kier molecular flexibility index (Phi) is 9.94. The highest BCUT2D eigenvalue weighted by Gasteiger charge is 2.43. The molecular formula is C33H37N3O7S. The molecule has 3 aliphatic heterocycles. The van der Waals surface area contributed by atoms with Crippen molar-refractivity contribution in [3.05, 3.63) is 76.3 Å². The van der Waals surface area contributed by atoms with Gasteiger partial charge < -0.3 is 28.7 Å². The highest BCUT2D eigenvalue weighted by atomic mass is 32.2. The standard InChI is InChI=1S/C33H37N3O7S/c1-5-42-31(38)22-13-10-14-35(19-22)27(37)17-24-20-44-33-34-29(21-11-8-7-9-12-21)28(32(39)43-6-2)30(36(24)33)23-15-25(40-3)18-26(16-23)41-4/h7-9,11-12,15-16,18,20,22,30H,5-6,10,13-14,17,19H2,1-4H3. The van der Waals surface area contributed by atoms with E-state index in [9.17, 15) is 14.4 Å². The minimum Gasteiger partial charge on any atom is -0.497 e. The molecule has 5 rings (SSSR count). The van der Waals surface area contributed by atoms with Crippen LogP contribution in [0.15, 0.2) is 70.2 Å². The van der Waals surface area contributed by atoms with E-state index in [4.69, 9.17) is 23.9 Å². The minimum atomic E-state index is -0.691. The Hall–Kier alpha value is -4.25. The second kappa shape index (κ2) is 14.0. The number of thioether (sulfide) groups is 1. The molecule has 0 aliphatic carbocycles. The fourth-order valence-electron chi connectivity index (χ4n) is 5.71. The van der Waals surface area contributed by atoms with E-state index in [1.165, 1.54) is 11.8 Å². The normalized spacial score (nSPS) is 19.5. The second-order valence-electron chi connectivity index (χ2n) is 10.5. The zero-order valence-corrected chi connectivity index (χ0v) is 26.2. The molecule has 11 heteroatoms. The van der Waals surface area contributed by atoms with Crippen molar-refractivity contribution in [3.63, 3.8) is 0 Å². The van der Waals surface area contributed by atoms with E-state index < -0.39 is 12.0 Å². The summed E-state index contributed by atoms with van der Waals surface area (Å²) in [6.07, 6.45) is 1.48. The van der Waals surface area contributed by atoms with Crippen molar-refractivity contribution < 1.29 is 33.3 Å². The first-order valence-corrected chi connectivity index (χ1v) is 15.6. The number of rotatable bonds is 10. The average molecular weight is 620 g/mol. The maximum absolute atomic E-state index is 13.8. The topological polar surface area (TPSA) is 107 Å². The molecule has 0 saturated carbocycles. The molecule has 44 heavy (non-hydrogen) atoms. The van der Waals surface area contributed by atoms with Crippen LogP contribution in [-0.4, -0.2) is 73.3 Å². The molecule has 0 spiro atoms. The molecule has 1 amide bonds. The molecule has 10 nitrogen and oxygen atoms in total. The van der Waals surface area contributed by atoms with Gasteiger partial charge in [-0.2, -0.15) is 0 Å². The number of nitrogens with zero attached hydrogens (tertiary/aromatic N) is 3. The molecule has 1 saturated heterocycles. The maximum atomic E-state index is 13.8. The molecule has 0 bridgehead atoms. The van der Waals surface area contributed by atoms with Crippen LogP contribution in [0.2, 0.25) is 0 Å². The molecule has 2 unspecified atom stereocenters. The molecule has 1 fully saturated rings. The van der Waals surface area contributed by atoms with Gasteiger partial charge in [-0.05, 0) is 49.8 Å². The number of ether oxygens (including phenoxy) is 4. The van der Waals surface area contributed by atoms with Crippen LogP contribution in [0.1, 0.15) is 50.3 Å². The van der Waals surface area contributed by atoms with Gasteiger partial charge in [-0.25, -0.2) is 9.79 Å². The van der Waals surface area contributed by atoms with Crippen LogP contribution in [0.3, 0.4) is 0 Å². The lowest BCUT2D eigenvalue weighted by Gasteiger charge is -2.38. The van der Waals surface area contributed by atoms with E-state index in [0.717, 1.165) is 12.0 Å². The van der Waals surface area contributed by atoms with Crippen LogP contribution in [-0.2, 0) is 23.9 Å². The van der Waals surface area contributed by atoms with Gasteiger partial charge >= 0.3 is 11.9 Å². The van der Waals surface area contributed by atoms with Gasteiger partial charge in [0.05, 0.1) is 57.1 Å². The van der Waals surface area contributed by atoms with Gasteiger partial charge in [-0.1, -0.05) is 42.1 Å². The number of amides is 1. The van der Waals surface area contributed by atoms with Crippen LogP contribution >= 0.6 is 11.8 Å². The summed E-state index contributed by atoms with van der Waals surface area (Å²) in [5.41, 5.74) is 3.03. The van der Waals surface area contributed by atoms with Crippen LogP contribution in [0.25, 0.3) is 5.70 Å². The smallest absolute Gasteiger partial charge is 0.338 e. The predicted octanol–water partition coefficient (Wildman–Crippen LogP) is 5.17. The van der Waals surface area contributed by atoms with Crippen LogP contribution in [0, 0.1) is 5.92 Å². The van der Waals surface area contributed by atoms with Gasteiger partial charge in [-0.3, -0.25) is 9.59 Å². The van der Waals surface area contributed by atoms with E-state index in [1.807, 2.05) is 52.8 Å². The molecule has 3 heterocycles. The summed E-state index contributed by atoms with van der Waals surface area (Å²) in [7, 11) is 3.14. The number of hydrogen-bond donors (Lipinski definition) is 0. The first-order valence-electron chi connectivity index (χ1n) is 14.8. The lowest BCUT2D eigenvalue weighted by atomic mass is 9.91. The number of amidine groups is 1. The zero-order valence-electron chi connectivity index (χ0n) is 25.4. The van der Waals surface area contributed by atoms with Crippen LogP contribution in [0.4, 0.5) is 0 Å². The van der Waals surface area contributed by atoms with E-state index in [-0.39, 0.29) is 30.8 Å². The van der Waals surface area contributed by atoms with Crippen molar-refractivity contribution in [3.8, 4) is 11.5 Å². The lowest BCUT2D eigenvalue weighted by Crippen LogP contribution is -2.44. The third-order valence-electron chi connectivity index (χ3n) is 7.77. The van der Waals surface area contributed by atoms with Crippen molar-refractivity contribution >= 4 is 40.5 Å². The third-order valence-corrected chi connectivity index (χ3v) is 8.66. The van der Waals surface area contributed by atoms with Gasteiger partial charge in [0.1, 0.15) is 11.5 Å². The number of carbonyl (C=O) groups is 3. The number of methoxy groups -OCH3 is 2. The van der Waals surface area contributed by atoms with Crippen LogP contribution in [0.5, 0.6) is 11.5 Å². The van der Waals surface area contributed by atoms with E-state index >= 15 is 0 Å². The minimum absolute atomic E-state index is 0.0654. The number of piperidine rings is 1. The van der Waals surface area contributed by atoms with Gasteiger partial charge in [0.25, 0.3) is 0 Å². The Morgan fingerprint density at radius 3 is 2.34 bits per heavy atom. The summed E-state index contributed by atoms with van der Waals surface area (Å²) in [6, 6.07) is 14.3. The quantitative estimate of drug-likeness (QED) is 0.333. The Morgan fingerprint density at radius 1 is 0.977 bits per heavy atom.